The van der Waals surface area contributed by atoms with Crippen molar-refractivity contribution in [2.45, 2.75) is 84.0 Å². The summed E-state index contributed by atoms with van der Waals surface area (Å²) in [4.78, 5) is 39.9. The van der Waals surface area contributed by atoms with E-state index in [9.17, 15) is 27.6 Å². The lowest BCUT2D eigenvalue weighted by Crippen LogP contribution is -2.44. The highest BCUT2D eigenvalue weighted by Gasteiger charge is 2.63. The van der Waals surface area contributed by atoms with E-state index in [1.54, 1.807) is 19.1 Å². The van der Waals surface area contributed by atoms with E-state index in [-0.39, 0.29) is 33.4 Å². The summed E-state index contributed by atoms with van der Waals surface area (Å²) in [7, 11) is 0. The second-order valence-corrected chi connectivity index (χ2v) is 13.6. The van der Waals surface area contributed by atoms with Crippen molar-refractivity contribution in [2.75, 3.05) is 6.54 Å². The lowest BCUT2D eigenvalue weighted by atomic mass is 9.84. The van der Waals surface area contributed by atoms with Gasteiger partial charge in [-0.2, -0.15) is 18.3 Å². The Morgan fingerprint density at radius 1 is 1.07 bits per heavy atom. The van der Waals surface area contributed by atoms with Crippen molar-refractivity contribution in [3.05, 3.63) is 50.8 Å². The maximum Gasteiger partial charge on any atom is 0.433 e. The zero-order chi connectivity index (χ0) is 30.7. The van der Waals surface area contributed by atoms with Crippen LogP contribution in [0.25, 0.3) is 0 Å². The third kappa shape index (κ3) is 5.81. The highest BCUT2D eigenvalue weighted by Crippen LogP contribution is 2.67. The number of nitrogens with zero attached hydrogens (tertiary/aromatic N) is 3. The van der Waals surface area contributed by atoms with E-state index in [4.69, 9.17) is 28.3 Å². The van der Waals surface area contributed by atoms with Gasteiger partial charge in [0.2, 0.25) is 0 Å². The number of aromatic nitrogens is 2. The lowest BCUT2D eigenvalue weighted by Gasteiger charge is -2.32. The van der Waals surface area contributed by atoms with Gasteiger partial charge in [-0.25, -0.2) is 0 Å². The summed E-state index contributed by atoms with van der Waals surface area (Å²) in [5.41, 5.74) is -0.854. The molecule has 2 atom stereocenters. The van der Waals surface area contributed by atoms with Crippen molar-refractivity contribution >= 4 is 40.9 Å². The molecule has 1 heterocycles. The molecule has 5 rings (SSSR count). The molecule has 2 aromatic rings. The van der Waals surface area contributed by atoms with Gasteiger partial charge in [0.1, 0.15) is 0 Å². The summed E-state index contributed by atoms with van der Waals surface area (Å²) in [6, 6.07) is 2.13. The number of aryl methyl sites for hydroxylation is 1. The van der Waals surface area contributed by atoms with E-state index in [0.29, 0.717) is 50.4 Å². The van der Waals surface area contributed by atoms with Gasteiger partial charge in [0.15, 0.2) is 11.5 Å². The molecule has 7 nitrogen and oxygen atoms in total. The number of carbonyl (C=O) groups is 3. The first-order chi connectivity index (χ1) is 19.6. The van der Waals surface area contributed by atoms with Crippen LogP contribution in [0.2, 0.25) is 10.0 Å². The predicted octanol–water partition coefficient (Wildman–Crippen LogP) is 7.48. The molecule has 3 aliphatic carbocycles. The largest absolute Gasteiger partial charge is 0.481 e. The Labute approximate surface area is 252 Å². The summed E-state index contributed by atoms with van der Waals surface area (Å²) in [5.74, 6) is -1.83. The van der Waals surface area contributed by atoms with Gasteiger partial charge in [-0.15, -0.1) is 0 Å². The molecule has 0 bridgehead atoms. The van der Waals surface area contributed by atoms with Crippen LogP contribution in [0.4, 0.5) is 13.2 Å². The minimum Gasteiger partial charge on any atom is -0.481 e. The molecule has 2 unspecified atom stereocenters. The minimum absolute atomic E-state index is 0.0279. The smallest absolute Gasteiger partial charge is 0.433 e. The number of halogens is 5. The summed E-state index contributed by atoms with van der Waals surface area (Å²) in [5, 5.41) is 13.4. The topological polar surface area (TPSA) is 92.5 Å². The molecule has 0 aliphatic heterocycles. The third-order valence-electron chi connectivity index (χ3n) is 9.74. The standard InChI is InChI=1S/C30H34Cl2F3N3O4/c1-15-8-22(31)26(23(32)9-15)24(39)14-37(18-11-20-21(12-18)29(20,2)3)28(42)19-13-36-38(27(19)30(33,34)35)17-6-4-16(5-7-17)10-25(40)41/h8-9,13,16-18,20-21H,4-7,10-12,14H2,1-3H3,(H,40,41). The van der Waals surface area contributed by atoms with Crippen LogP contribution >= 0.6 is 23.2 Å². The summed E-state index contributed by atoms with van der Waals surface area (Å²) in [6.45, 7) is 5.58. The number of alkyl halides is 3. The molecule has 3 saturated carbocycles. The molecular formula is C30H34Cl2F3N3O4. The highest BCUT2D eigenvalue weighted by molar-refractivity contribution is 6.40. The van der Waals surface area contributed by atoms with Gasteiger partial charge < -0.3 is 10.0 Å². The molecule has 1 N–H and O–H groups in total. The molecule has 228 valence electrons. The molecule has 3 aliphatic rings. The second-order valence-electron chi connectivity index (χ2n) is 12.7. The summed E-state index contributed by atoms with van der Waals surface area (Å²) in [6.07, 6.45) is -1.21. The molecule has 1 aromatic carbocycles. The molecule has 1 amide bonds. The molecule has 0 saturated heterocycles. The normalized spacial score (nSPS) is 26.5. The first-order valence-electron chi connectivity index (χ1n) is 14.3. The zero-order valence-corrected chi connectivity index (χ0v) is 25.2. The number of Topliss-reactive ketones (excluding diaryl/α,β-unsaturated/α-hetero) is 1. The average molecular weight is 629 g/mol. The van der Waals surface area contributed by atoms with E-state index in [1.807, 2.05) is 0 Å². The number of fused-ring (bicyclic) bond motifs is 1. The van der Waals surface area contributed by atoms with Crippen molar-refractivity contribution in [2.24, 2.45) is 23.2 Å². The Kier molecular flexibility index (Phi) is 8.20. The quantitative estimate of drug-likeness (QED) is 0.306. The van der Waals surface area contributed by atoms with Gasteiger partial charge in [0, 0.05) is 12.5 Å². The molecule has 0 radical (unpaired) electrons. The number of carboxylic acids is 1. The molecule has 42 heavy (non-hydrogen) atoms. The summed E-state index contributed by atoms with van der Waals surface area (Å²) >= 11 is 12.7. The van der Waals surface area contributed by atoms with Crippen molar-refractivity contribution in [3.63, 3.8) is 0 Å². The van der Waals surface area contributed by atoms with Crippen molar-refractivity contribution in [1.82, 2.24) is 14.7 Å². The molecule has 12 heteroatoms. The van der Waals surface area contributed by atoms with Crippen LogP contribution in [0.15, 0.2) is 18.3 Å². The third-order valence-corrected chi connectivity index (χ3v) is 10.3. The van der Waals surface area contributed by atoms with E-state index in [2.05, 4.69) is 18.9 Å². The average Bonchev–Trinajstić information content (AvgIpc) is 3.30. The molecule has 3 fully saturated rings. The summed E-state index contributed by atoms with van der Waals surface area (Å²) < 4.78 is 44.6. The number of aliphatic carboxylic acids is 1. The van der Waals surface area contributed by atoms with E-state index < -0.39 is 53.7 Å². The van der Waals surface area contributed by atoms with Gasteiger partial charge in [-0.05, 0) is 86.3 Å². The Hall–Kier alpha value is -2.59. The minimum atomic E-state index is -4.88. The first kappa shape index (κ1) is 30.9. The Balaban J connectivity index is 1.46. The zero-order valence-electron chi connectivity index (χ0n) is 23.7. The Morgan fingerprint density at radius 3 is 2.17 bits per heavy atom. The Bertz CT molecular complexity index is 1380. The van der Waals surface area contributed by atoms with Crippen LogP contribution in [-0.2, 0) is 11.0 Å². The Morgan fingerprint density at radius 2 is 1.64 bits per heavy atom. The van der Waals surface area contributed by atoms with Gasteiger partial charge in [0.25, 0.3) is 5.91 Å². The maximum atomic E-state index is 14.6. The predicted molar refractivity (Wildman–Crippen MR) is 151 cm³/mol. The van der Waals surface area contributed by atoms with Crippen molar-refractivity contribution in [3.8, 4) is 0 Å². The SMILES string of the molecule is Cc1cc(Cl)c(C(=O)CN(C(=O)c2cnn(C3CCC(CC(=O)O)CC3)c2C(F)(F)F)C2CC3C(C2)C3(C)C)c(Cl)c1. The van der Waals surface area contributed by atoms with E-state index >= 15 is 0 Å². The van der Waals surface area contributed by atoms with Crippen molar-refractivity contribution in [1.29, 1.82) is 0 Å². The number of ketones is 1. The molecular weight excluding hydrogens is 594 g/mol. The maximum absolute atomic E-state index is 14.6. The number of rotatable bonds is 8. The lowest BCUT2D eigenvalue weighted by molar-refractivity contribution is -0.145. The van der Waals surface area contributed by atoms with Crippen LogP contribution in [0, 0.1) is 30.1 Å². The van der Waals surface area contributed by atoms with E-state index in [1.165, 1.54) is 4.90 Å². The number of hydrogen-bond acceptors (Lipinski definition) is 4. The number of benzene rings is 1. The number of hydrogen-bond donors (Lipinski definition) is 1. The van der Waals surface area contributed by atoms with Gasteiger partial charge >= 0.3 is 12.1 Å². The fourth-order valence-corrected chi connectivity index (χ4v) is 8.18. The van der Waals surface area contributed by atoms with E-state index in [0.717, 1.165) is 16.4 Å². The monoisotopic (exact) mass is 627 g/mol. The van der Waals surface area contributed by atoms with Crippen LogP contribution in [0.3, 0.4) is 0 Å². The van der Waals surface area contributed by atoms with Crippen LogP contribution < -0.4 is 0 Å². The van der Waals surface area contributed by atoms with Crippen LogP contribution in [0.5, 0.6) is 0 Å². The van der Waals surface area contributed by atoms with Gasteiger partial charge in [-0.1, -0.05) is 37.0 Å². The molecule has 1 aromatic heterocycles. The number of carbonyl (C=O) groups excluding carboxylic acids is 2. The van der Waals surface area contributed by atoms with Crippen molar-refractivity contribution < 1.29 is 32.7 Å². The fraction of sp³-hybridized carbons (Fsp3) is 0.600. The van der Waals surface area contributed by atoms with Gasteiger partial charge in [0.05, 0.1) is 40.0 Å². The first-order valence-corrected chi connectivity index (χ1v) is 15.0. The van der Waals surface area contributed by atoms with Crippen LogP contribution in [-0.4, -0.2) is 50.0 Å². The fourth-order valence-electron chi connectivity index (χ4n) is 7.37. The number of carboxylic acid groups (broad SMARTS) is 1. The van der Waals surface area contributed by atoms with Gasteiger partial charge in [-0.3, -0.25) is 19.1 Å². The molecule has 0 spiro atoms. The highest BCUT2D eigenvalue weighted by atomic mass is 35.5. The second kappa shape index (κ2) is 11.2. The number of amides is 1. The van der Waals surface area contributed by atoms with Crippen LogP contribution in [0.1, 0.15) is 96.8 Å².